The van der Waals surface area contributed by atoms with Gasteiger partial charge in [-0.1, -0.05) is 47.9 Å². The maximum Gasteiger partial charge on any atom is 0.244 e. The van der Waals surface area contributed by atoms with Crippen molar-refractivity contribution >= 4 is 34.6 Å². The molecule has 0 aliphatic heterocycles. The molecule has 3 aromatic rings. The van der Waals surface area contributed by atoms with Gasteiger partial charge in [-0.05, 0) is 23.8 Å². The number of carbonyl (C=O) groups excluding carboxylic acids is 1. The van der Waals surface area contributed by atoms with Crippen LogP contribution in [-0.4, -0.2) is 16.7 Å². The van der Waals surface area contributed by atoms with Crippen molar-refractivity contribution in [3.63, 3.8) is 0 Å². The number of rotatable bonds is 5. The molecule has 0 fully saturated rings. The quantitative estimate of drug-likeness (QED) is 0.427. The zero-order valence-corrected chi connectivity index (χ0v) is 14.2. The molecule has 2 aromatic carbocycles. The van der Waals surface area contributed by atoms with Crippen LogP contribution >= 0.6 is 11.6 Å². The van der Waals surface area contributed by atoms with Crippen LogP contribution in [0.25, 0.3) is 10.9 Å². The van der Waals surface area contributed by atoms with Crippen LogP contribution in [0.5, 0.6) is 0 Å². The molecule has 0 aliphatic rings. The number of nitrogens with zero attached hydrogens (tertiary/aromatic N) is 2. The van der Waals surface area contributed by atoms with E-state index < -0.39 is 0 Å². The molecule has 124 valence electrons. The molecule has 5 heteroatoms. The number of para-hydroxylation sites is 1. The summed E-state index contributed by atoms with van der Waals surface area (Å²) in [7, 11) is 0. The summed E-state index contributed by atoms with van der Waals surface area (Å²) in [5.74, 6) is 2.45. The lowest BCUT2D eigenvalue weighted by Crippen LogP contribution is -2.19. The van der Waals surface area contributed by atoms with Gasteiger partial charge < -0.3 is 4.57 Å². The highest BCUT2D eigenvalue weighted by Crippen LogP contribution is 2.19. The number of terminal acetylenes is 1. The predicted octanol–water partition coefficient (Wildman–Crippen LogP) is 3.62. The van der Waals surface area contributed by atoms with Gasteiger partial charge in [-0.15, -0.1) is 6.42 Å². The van der Waals surface area contributed by atoms with Crippen LogP contribution in [0.2, 0.25) is 5.02 Å². The van der Waals surface area contributed by atoms with E-state index in [0.29, 0.717) is 11.6 Å². The number of hydrazone groups is 1. The molecule has 3 rings (SSSR count). The fourth-order valence-electron chi connectivity index (χ4n) is 2.61. The normalized spacial score (nSPS) is 10.9. The summed E-state index contributed by atoms with van der Waals surface area (Å²) in [5.41, 5.74) is 5.36. The van der Waals surface area contributed by atoms with E-state index in [1.54, 1.807) is 18.3 Å². The molecule has 0 bridgehead atoms. The summed E-state index contributed by atoms with van der Waals surface area (Å²) in [6.45, 7) is 0.483. The lowest BCUT2D eigenvalue weighted by molar-refractivity contribution is -0.120. The molecule has 1 aromatic heterocycles. The Hall–Kier alpha value is -3.03. The van der Waals surface area contributed by atoms with Crippen molar-refractivity contribution < 1.29 is 4.79 Å². The number of aromatic nitrogens is 1. The van der Waals surface area contributed by atoms with Crippen molar-refractivity contribution in [1.29, 1.82) is 0 Å². The van der Waals surface area contributed by atoms with Gasteiger partial charge >= 0.3 is 0 Å². The van der Waals surface area contributed by atoms with Crippen molar-refractivity contribution in [3.8, 4) is 12.3 Å². The second kappa shape index (κ2) is 7.69. The molecule has 25 heavy (non-hydrogen) atoms. The summed E-state index contributed by atoms with van der Waals surface area (Å²) in [6, 6.07) is 15.1. The summed E-state index contributed by atoms with van der Waals surface area (Å²) < 4.78 is 1.98. The molecule has 0 spiro atoms. The van der Waals surface area contributed by atoms with Crippen LogP contribution < -0.4 is 5.43 Å². The standard InChI is InChI=1S/C20H16ClN3O/c1-2-11-24-14-16(18-5-3-4-6-19(18)24)13-22-23-20(25)12-15-7-9-17(21)10-8-15/h1,3-10,13-14H,11-12H2,(H,23,25)/b22-13-. The number of nitrogens with one attached hydrogen (secondary N) is 1. The Labute approximate surface area is 151 Å². The summed E-state index contributed by atoms with van der Waals surface area (Å²) in [5, 5.41) is 5.74. The molecule has 0 saturated heterocycles. The number of benzene rings is 2. The predicted molar refractivity (Wildman–Crippen MR) is 102 cm³/mol. The Morgan fingerprint density at radius 2 is 2.00 bits per heavy atom. The second-order valence-corrected chi connectivity index (χ2v) is 5.97. The zero-order chi connectivity index (χ0) is 17.6. The molecule has 4 nitrogen and oxygen atoms in total. The first-order chi connectivity index (χ1) is 12.2. The molecule has 1 N–H and O–H groups in total. The van der Waals surface area contributed by atoms with Crippen LogP contribution in [0.4, 0.5) is 0 Å². The third kappa shape index (κ3) is 4.09. The number of hydrogen-bond donors (Lipinski definition) is 1. The second-order valence-electron chi connectivity index (χ2n) is 5.53. The van der Waals surface area contributed by atoms with Crippen molar-refractivity contribution in [2.45, 2.75) is 13.0 Å². The van der Waals surface area contributed by atoms with E-state index in [1.165, 1.54) is 0 Å². The summed E-state index contributed by atoms with van der Waals surface area (Å²) >= 11 is 5.83. The first-order valence-corrected chi connectivity index (χ1v) is 8.13. The lowest BCUT2D eigenvalue weighted by atomic mass is 10.1. The molecular formula is C20H16ClN3O. The molecule has 1 amide bonds. The molecule has 0 aliphatic carbocycles. The first kappa shape index (κ1) is 16.8. The van der Waals surface area contributed by atoms with Crippen molar-refractivity contribution in [2.24, 2.45) is 5.10 Å². The van der Waals surface area contributed by atoms with Gasteiger partial charge in [0.2, 0.25) is 5.91 Å². The number of carbonyl (C=O) groups is 1. The maximum absolute atomic E-state index is 12.0. The van der Waals surface area contributed by atoms with Gasteiger partial charge in [0.15, 0.2) is 0 Å². The average Bonchev–Trinajstić information content (AvgIpc) is 2.96. The molecular weight excluding hydrogens is 334 g/mol. The van der Waals surface area contributed by atoms with E-state index in [1.807, 2.05) is 47.2 Å². The van der Waals surface area contributed by atoms with Gasteiger partial charge in [-0.25, -0.2) is 5.43 Å². The topological polar surface area (TPSA) is 46.4 Å². The maximum atomic E-state index is 12.0. The first-order valence-electron chi connectivity index (χ1n) is 7.75. The Balaban J connectivity index is 1.70. The van der Waals surface area contributed by atoms with Crippen molar-refractivity contribution in [3.05, 3.63) is 70.9 Å². The van der Waals surface area contributed by atoms with Crippen LogP contribution in [0.15, 0.2) is 59.8 Å². The molecule has 0 radical (unpaired) electrons. The van der Waals surface area contributed by atoms with Gasteiger partial charge in [-0.2, -0.15) is 5.10 Å². The number of fused-ring (bicyclic) bond motifs is 1. The summed E-state index contributed by atoms with van der Waals surface area (Å²) in [4.78, 5) is 12.0. The number of hydrogen-bond acceptors (Lipinski definition) is 2. The molecule has 0 saturated carbocycles. The minimum atomic E-state index is -0.189. The highest BCUT2D eigenvalue weighted by Gasteiger charge is 2.06. The van der Waals surface area contributed by atoms with Gasteiger partial charge in [0, 0.05) is 27.7 Å². The molecule has 1 heterocycles. The van der Waals surface area contributed by atoms with Crippen LogP contribution in [0, 0.1) is 12.3 Å². The van der Waals surface area contributed by atoms with E-state index in [4.69, 9.17) is 18.0 Å². The SMILES string of the molecule is C#CCn1cc(/C=N\NC(=O)Cc2ccc(Cl)cc2)c2ccccc21. The Morgan fingerprint density at radius 3 is 2.76 bits per heavy atom. The van der Waals surface area contributed by atoms with Crippen molar-refractivity contribution in [2.75, 3.05) is 0 Å². The lowest BCUT2D eigenvalue weighted by Gasteiger charge is -2.00. The summed E-state index contributed by atoms with van der Waals surface area (Å²) in [6.07, 6.45) is 9.22. The Morgan fingerprint density at radius 1 is 1.24 bits per heavy atom. The monoisotopic (exact) mass is 349 g/mol. The smallest absolute Gasteiger partial charge is 0.244 e. The van der Waals surface area contributed by atoms with Gasteiger partial charge in [0.05, 0.1) is 19.2 Å². The fraction of sp³-hybridized carbons (Fsp3) is 0.100. The fourth-order valence-corrected chi connectivity index (χ4v) is 2.73. The van der Waals surface area contributed by atoms with E-state index in [2.05, 4.69) is 16.4 Å². The number of amides is 1. The van der Waals surface area contributed by atoms with Gasteiger partial charge in [-0.3, -0.25) is 4.79 Å². The van der Waals surface area contributed by atoms with Gasteiger partial charge in [0.25, 0.3) is 0 Å². The Kier molecular flexibility index (Phi) is 5.17. The van der Waals surface area contributed by atoms with E-state index >= 15 is 0 Å². The number of halogens is 1. The zero-order valence-electron chi connectivity index (χ0n) is 13.4. The average molecular weight is 350 g/mol. The minimum Gasteiger partial charge on any atom is -0.335 e. The van der Waals surface area contributed by atoms with Crippen LogP contribution in [0.1, 0.15) is 11.1 Å². The highest BCUT2D eigenvalue weighted by molar-refractivity contribution is 6.30. The van der Waals surface area contributed by atoms with E-state index in [0.717, 1.165) is 22.0 Å². The van der Waals surface area contributed by atoms with E-state index in [-0.39, 0.29) is 12.3 Å². The van der Waals surface area contributed by atoms with Crippen LogP contribution in [-0.2, 0) is 17.8 Å². The molecule has 0 atom stereocenters. The van der Waals surface area contributed by atoms with Gasteiger partial charge in [0.1, 0.15) is 0 Å². The highest BCUT2D eigenvalue weighted by atomic mass is 35.5. The van der Waals surface area contributed by atoms with Crippen molar-refractivity contribution in [1.82, 2.24) is 9.99 Å². The van der Waals surface area contributed by atoms with Crippen LogP contribution in [0.3, 0.4) is 0 Å². The third-order valence-electron chi connectivity index (χ3n) is 3.75. The third-order valence-corrected chi connectivity index (χ3v) is 4.00. The largest absolute Gasteiger partial charge is 0.335 e. The molecule has 0 unspecified atom stereocenters. The Bertz CT molecular complexity index is 965. The minimum absolute atomic E-state index is 0.189. The van der Waals surface area contributed by atoms with E-state index in [9.17, 15) is 4.79 Å².